The Morgan fingerprint density at radius 2 is 2.00 bits per heavy atom. The van der Waals surface area contributed by atoms with E-state index in [1.54, 1.807) is 4.57 Å². The molecule has 0 fully saturated rings. The number of anilines is 1. The van der Waals surface area contributed by atoms with Gasteiger partial charge in [0.2, 0.25) is 0 Å². The van der Waals surface area contributed by atoms with E-state index in [9.17, 15) is 0 Å². The Morgan fingerprint density at radius 1 is 1.38 bits per heavy atom. The second-order valence-corrected chi connectivity index (χ2v) is 5.01. The van der Waals surface area contributed by atoms with Gasteiger partial charge in [-0.15, -0.1) is 0 Å². The van der Waals surface area contributed by atoms with Crippen LogP contribution in [0.2, 0.25) is 0 Å². The van der Waals surface area contributed by atoms with Crippen molar-refractivity contribution < 1.29 is 0 Å². The van der Waals surface area contributed by atoms with Gasteiger partial charge in [0.1, 0.15) is 16.8 Å². The molecule has 0 radical (unpaired) electrons. The normalized spacial score (nSPS) is 10.0. The van der Waals surface area contributed by atoms with Crippen LogP contribution in [0.25, 0.3) is 5.69 Å². The SMILES string of the molecule is Cc1ccc(-n2c(N)c(C#N)sc2=S)cc1. The monoisotopic (exact) mass is 247 g/mol. The summed E-state index contributed by atoms with van der Waals surface area (Å²) in [5, 5.41) is 8.87. The van der Waals surface area contributed by atoms with Crippen LogP contribution >= 0.6 is 23.6 Å². The molecule has 0 aliphatic heterocycles. The highest BCUT2D eigenvalue weighted by atomic mass is 32.1. The van der Waals surface area contributed by atoms with Crippen molar-refractivity contribution in [3.05, 3.63) is 38.7 Å². The van der Waals surface area contributed by atoms with Crippen LogP contribution in [0.3, 0.4) is 0 Å². The molecule has 5 heteroatoms. The number of nitrogens with zero attached hydrogens (tertiary/aromatic N) is 2. The number of rotatable bonds is 1. The molecule has 2 N–H and O–H groups in total. The van der Waals surface area contributed by atoms with Crippen LogP contribution in [0.1, 0.15) is 10.4 Å². The van der Waals surface area contributed by atoms with Crippen molar-refractivity contribution in [1.29, 1.82) is 5.26 Å². The minimum absolute atomic E-state index is 0.418. The van der Waals surface area contributed by atoms with E-state index < -0.39 is 0 Å². The lowest BCUT2D eigenvalue weighted by Gasteiger charge is -2.05. The van der Waals surface area contributed by atoms with Crippen molar-refractivity contribution in [2.24, 2.45) is 0 Å². The second kappa shape index (κ2) is 4.08. The third-order valence-electron chi connectivity index (χ3n) is 2.24. The molecule has 0 unspecified atom stereocenters. The summed E-state index contributed by atoms with van der Waals surface area (Å²) in [6, 6.07) is 9.90. The van der Waals surface area contributed by atoms with Crippen molar-refractivity contribution >= 4 is 29.4 Å². The molecular weight excluding hydrogens is 238 g/mol. The van der Waals surface area contributed by atoms with Gasteiger partial charge in [-0.05, 0) is 31.3 Å². The molecule has 1 aromatic heterocycles. The zero-order chi connectivity index (χ0) is 11.7. The highest BCUT2D eigenvalue weighted by molar-refractivity contribution is 7.73. The van der Waals surface area contributed by atoms with Gasteiger partial charge in [-0.1, -0.05) is 29.0 Å². The average molecular weight is 247 g/mol. The molecule has 0 atom stereocenters. The maximum Gasteiger partial charge on any atom is 0.168 e. The zero-order valence-electron chi connectivity index (χ0n) is 8.60. The number of aromatic nitrogens is 1. The molecule has 2 aromatic rings. The summed E-state index contributed by atoms with van der Waals surface area (Å²) in [6.07, 6.45) is 0. The fourth-order valence-electron chi connectivity index (χ4n) is 1.40. The largest absolute Gasteiger partial charge is 0.383 e. The molecule has 1 heterocycles. The van der Waals surface area contributed by atoms with Crippen LogP contribution in [0.5, 0.6) is 0 Å². The molecular formula is C11H9N3S2. The number of hydrogen-bond acceptors (Lipinski definition) is 4. The van der Waals surface area contributed by atoms with E-state index in [1.807, 2.05) is 37.3 Å². The zero-order valence-corrected chi connectivity index (χ0v) is 10.2. The van der Waals surface area contributed by atoms with Crippen molar-refractivity contribution in [3.8, 4) is 11.8 Å². The summed E-state index contributed by atoms with van der Waals surface area (Å²) in [7, 11) is 0. The molecule has 80 valence electrons. The van der Waals surface area contributed by atoms with Crippen LogP contribution in [0.4, 0.5) is 5.82 Å². The molecule has 0 saturated carbocycles. The van der Waals surface area contributed by atoms with Gasteiger partial charge in [0, 0.05) is 5.69 Å². The number of aryl methyl sites for hydroxylation is 1. The topological polar surface area (TPSA) is 54.7 Å². The molecule has 0 spiro atoms. The summed E-state index contributed by atoms with van der Waals surface area (Å²) in [5.41, 5.74) is 7.93. The Hall–Kier alpha value is -1.64. The molecule has 0 aliphatic rings. The highest BCUT2D eigenvalue weighted by Crippen LogP contribution is 2.25. The van der Waals surface area contributed by atoms with E-state index in [-0.39, 0.29) is 0 Å². The summed E-state index contributed by atoms with van der Waals surface area (Å²) in [5.74, 6) is 0.418. The third kappa shape index (κ3) is 1.73. The first-order valence-electron chi connectivity index (χ1n) is 4.62. The Balaban J connectivity index is 2.66. The molecule has 0 amide bonds. The first-order valence-corrected chi connectivity index (χ1v) is 5.84. The quantitative estimate of drug-likeness (QED) is 0.788. The van der Waals surface area contributed by atoms with Crippen LogP contribution in [0, 0.1) is 22.2 Å². The highest BCUT2D eigenvalue weighted by Gasteiger charge is 2.10. The summed E-state index contributed by atoms with van der Waals surface area (Å²) >= 11 is 6.42. The predicted octanol–water partition coefficient (Wildman–Crippen LogP) is 3.03. The number of hydrogen-bond donors (Lipinski definition) is 1. The van der Waals surface area contributed by atoms with Gasteiger partial charge in [0.25, 0.3) is 0 Å². The third-order valence-corrected chi connectivity index (χ3v) is 3.53. The predicted molar refractivity (Wildman–Crippen MR) is 68.3 cm³/mol. The van der Waals surface area contributed by atoms with E-state index in [0.717, 1.165) is 5.69 Å². The van der Waals surface area contributed by atoms with Crippen LogP contribution < -0.4 is 5.73 Å². The molecule has 1 aromatic carbocycles. The molecule has 0 saturated heterocycles. The lowest BCUT2D eigenvalue weighted by molar-refractivity contribution is 1.08. The number of nitrogen functional groups attached to an aromatic ring is 1. The maximum atomic E-state index is 8.87. The Morgan fingerprint density at radius 3 is 2.50 bits per heavy atom. The smallest absolute Gasteiger partial charge is 0.168 e. The molecule has 3 nitrogen and oxygen atoms in total. The molecule has 2 rings (SSSR count). The lowest BCUT2D eigenvalue weighted by Crippen LogP contribution is -2.00. The van der Waals surface area contributed by atoms with Gasteiger partial charge in [0.15, 0.2) is 3.95 Å². The average Bonchev–Trinajstić information content (AvgIpc) is 2.56. The van der Waals surface area contributed by atoms with E-state index >= 15 is 0 Å². The van der Waals surface area contributed by atoms with Gasteiger partial charge >= 0.3 is 0 Å². The fourth-order valence-corrected chi connectivity index (χ4v) is 2.57. The van der Waals surface area contributed by atoms with Gasteiger partial charge in [0.05, 0.1) is 0 Å². The van der Waals surface area contributed by atoms with Gasteiger partial charge in [-0.2, -0.15) is 5.26 Å². The van der Waals surface area contributed by atoms with Crippen molar-refractivity contribution in [1.82, 2.24) is 4.57 Å². The van der Waals surface area contributed by atoms with Crippen molar-refractivity contribution in [2.75, 3.05) is 5.73 Å². The summed E-state index contributed by atoms with van der Waals surface area (Å²) in [4.78, 5) is 0.463. The maximum absolute atomic E-state index is 8.87. The molecule has 0 bridgehead atoms. The Labute approximate surface area is 102 Å². The second-order valence-electron chi connectivity index (χ2n) is 3.37. The summed E-state index contributed by atoms with van der Waals surface area (Å²) < 4.78 is 2.32. The minimum atomic E-state index is 0.418. The van der Waals surface area contributed by atoms with Crippen molar-refractivity contribution in [3.63, 3.8) is 0 Å². The van der Waals surface area contributed by atoms with Crippen LogP contribution in [-0.4, -0.2) is 4.57 Å². The van der Waals surface area contributed by atoms with Gasteiger partial charge < -0.3 is 5.73 Å². The first kappa shape index (κ1) is 10.9. The molecule has 0 aliphatic carbocycles. The van der Waals surface area contributed by atoms with E-state index in [2.05, 4.69) is 0 Å². The fraction of sp³-hybridized carbons (Fsp3) is 0.0909. The standard InChI is InChI=1S/C11H9N3S2/c1-7-2-4-8(5-3-7)14-10(13)9(6-12)16-11(14)15/h2-5H,13H2,1H3. The van der Waals surface area contributed by atoms with Crippen molar-refractivity contribution in [2.45, 2.75) is 6.92 Å². The Kier molecular flexibility index (Phi) is 2.77. The first-order chi connectivity index (χ1) is 7.63. The lowest BCUT2D eigenvalue weighted by atomic mass is 10.2. The number of benzene rings is 1. The van der Waals surface area contributed by atoms with Gasteiger partial charge in [-0.25, -0.2) is 0 Å². The molecule has 16 heavy (non-hydrogen) atoms. The summed E-state index contributed by atoms with van der Waals surface area (Å²) in [6.45, 7) is 2.01. The van der Waals surface area contributed by atoms with E-state index in [4.69, 9.17) is 23.2 Å². The number of thiazole rings is 1. The number of nitrogens with two attached hydrogens (primary N) is 1. The number of nitriles is 1. The van der Waals surface area contributed by atoms with E-state index in [0.29, 0.717) is 14.6 Å². The Bertz CT molecular complexity index is 614. The van der Waals surface area contributed by atoms with Crippen LogP contribution in [-0.2, 0) is 0 Å². The minimum Gasteiger partial charge on any atom is -0.383 e. The van der Waals surface area contributed by atoms with Crippen LogP contribution in [0.15, 0.2) is 24.3 Å². The van der Waals surface area contributed by atoms with Gasteiger partial charge in [-0.3, -0.25) is 4.57 Å². The van der Waals surface area contributed by atoms with E-state index in [1.165, 1.54) is 16.9 Å².